The number of halogens is 1. The van der Waals surface area contributed by atoms with E-state index in [-0.39, 0.29) is 5.69 Å². The molecule has 3 N–H and O–H groups in total. The van der Waals surface area contributed by atoms with Crippen LogP contribution in [0.2, 0.25) is 0 Å². The molecule has 0 atom stereocenters. The van der Waals surface area contributed by atoms with Gasteiger partial charge in [0.15, 0.2) is 5.13 Å². The number of anilines is 2. The lowest BCUT2D eigenvalue weighted by Gasteiger charge is -2.36. The predicted octanol–water partition coefficient (Wildman–Crippen LogP) is 4.55. The zero-order valence-corrected chi connectivity index (χ0v) is 21.7. The summed E-state index contributed by atoms with van der Waals surface area (Å²) in [6.07, 6.45) is 5.90. The molecule has 1 aliphatic rings. The van der Waals surface area contributed by atoms with Crippen LogP contribution in [0.25, 0.3) is 32.6 Å². The smallest absolute Gasteiger partial charge is 0.321 e. The van der Waals surface area contributed by atoms with Gasteiger partial charge in [-0.05, 0) is 56.5 Å². The summed E-state index contributed by atoms with van der Waals surface area (Å²) in [5.41, 5.74) is 7.46. The Balaban J connectivity index is 1.53. The first-order valence-electron chi connectivity index (χ1n) is 12.1. The van der Waals surface area contributed by atoms with Gasteiger partial charge >= 0.3 is 12.0 Å². The van der Waals surface area contributed by atoms with Crippen molar-refractivity contribution in [3.63, 3.8) is 0 Å². The van der Waals surface area contributed by atoms with Crippen molar-refractivity contribution < 1.29 is 19.1 Å². The van der Waals surface area contributed by atoms with E-state index < -0.39 is 23.2 Å². The highest BCUT2D eigenvalue weighted by Crippen LogP contribution is 2.40. The molecule has 1 aliphatic heterocycles. The SMILES string of the molecule is CCN(C(N)=O)c1nc2cc(-c3cnc(N4CCC(C)(C(=O)O)CC4)nc3)cc(-c3ncccc3F)c2s1. The number of fused-ring (bicyclic) bond motifs is 1. The van der Waals surface area contributed by atoms with Crippen LogP contribution in [0, 0.1) is 11.2 Å². The number of carboxylic acids is 1. The average molecular weight is 536 g/mol. The van der Waals surface area contributed by atoms with Crippen LogP contribution in [0.3, 0.4) is 0 Å². The first-order chi connectivity index (χ1) is 18.2. The minimum absolute atomic E-state index is 0.170. The number of aromatic nitrogens is 4. The fourth-order valence-corrected chi connectivity index (χ4v) is 5.63. The van der Waals surface area contributed by atoms with Gasteiger partial charge in [0.05, 0.1) is 15.6 Å². The number of rotatable bonds is 6. The second-order valence-electron chi connectivity index (χ2n) is 9.41. The van der Waals surface area contributed by atoms with Gasteiger partial charge in [-0.25, -0.2) is 24.1 Å². The number of urea groups is 1. The second-order valence-corrected chi connectivity index (χ2v) is 10.4. The Morgan fingerprint density at radius 3 is 2.50 bits per heavy atom. The van der Waals surface area contributed by atoms with Gasteiger partial charge in [0.25, 0.3) is 0 Å². The molecule has 38 heavy (non-hydrogen) atoms. The van der Waals surface area contributed by atoms with Crippen molar-refractivity contribution in [2.75, 3.05) is 29.4 Å². The highest BCUT2D eigenvalue weighted by Gasteiger charge is 2.37. The molecule has 1 saturated heterocycles. The molecule has 1 aromatic carbocycles. The van der Waals surface area contributed by atoms with Crippen LogP contribution >= 0.6 is 11.3 Å². The maximum Gasteiger partial charge on any atom is 0.321 e. The van der Waals surface area contributed by atoms with Crippen LogP contribution in [0.4, 0.5) is 20.3 Å². The van der Waals surface area contributed by atoms with Crippen molar-refractivity contribution >= 4 is 44.6 Å². The third-order valence-corrected chi connectivity index (χ3v) is 8.07. The van der Waals surface area contributed by atoms with Gasteiger partial charge in [-0.15, -0.1) is 0 Å². The summed E-state index contributed by atoms with van der Waals surface area (Å²) < 4.78 is 15.5. The van der Waals surface area contributed by atoms with Gasteiger partial charge in [-0.3, -0.25) is 14.7 Å². The molecule has 2 amide bonds. The van der Waals surface area contributed by atoms with E-state index in [1.807, 2.05) is 17.0 Å². The number of aliphatic carboxylic acids is 1. The maximum atomic E-state index is 14.8. The zero-order chi connectivity index (χ0) is 27.0. The highest BCUT2D eigenvalue weighted by molar-refractivity contribution is 7.23. The lowest BCUT2D eigenvalue weighted by molar-refractivity contribution is -0.149. The summed E-state index contributed by atoms with van der Waals surface area (Å²) in [5, 5.41) is 9.89. The Morgan fingerprint density at radius 1 is 1.18 bits per heavy atom. The average Bonchev–Trinajstić information content (AvgIpc) is 3.33. The topological polar surface area (TPSA) is 138 Å². The van der Waals surface area contributed by atoms with Gasteiger partial charge < -0.3 is 15.7 Å². The Kier molecular flexibility index (Phi) is 6.66. The number of benzene rings is 1. The molecule has 0 radical (unpaired) electrons. The number of nitrogens with zero attached hydrogens (tertiary/aromatic N) is 6. The number of carboxylic acid groups (broad SMARTS) is 1. The number of amides is 2. The van der Waals surface area contributed by atoms with Gasteiger partial charge in [0.2, 0.25) is 5.95 Å². The normalized spacial score (nSPS) is 15.0. The van der Waals surface area contributed by atoms with Crippen molar-refractivity contribution in [2.24, 2.45) is 11.1 Å². The molecule has 0 unspecified atom stereocenters. The molecule has 10 nitrogen and oxygen atoms in total. The van der Waals surface area contributed by atoms with Gasteiger partial charge in [0.1, 0.15) is 11.5 Å². The summed E-state index contributed by atoms with van der Waals surface area (Å²) >= 11 is 1.24. The lowest BCUT2D eigenvalue weighted by atomic mass is 9.80. The van der Waals surface area contributed by atoms with Gasteiger partial charge in [-0.1, -0.05) is 11.3 Å². The van der Waals surface area contributed by atoms with E-state index >= 15 is 0 Å². The molecular weight excluding hydrogens is 509 g/mol. The highest BCUT2D eigenvalue weighted by atomic mass is 32.1. The second kappa shape index (κ2) is 9.93. The number of carbonyl (C=O) groups excluding carboxylic acids is 1. The molecule has 196 valence electrons. The van der Waals surface area contributed by atoms with Gasteiger partial charge in [0, 0.05) is 49.4 Å². The number of nitrogens with two attached hydrogens (primary N) is 1. The summed E-state index contributed by atoms with van der Waals surface area (Å²) in [4.78, 5) is 44.8. The Labute approximate surface area is 222 Å². The van der Waals surface area contributed by atoms with Crippen molar-refractivity contribution in [2.45, 2.75) is 26.7 Å². The lowest BCUT2D eigenvalue weighted by Crippen LogP contribution is -2.43. The first kappa shape index (κ1) is 25.5. The summed E-state index contributed by atoms with van der Waals surface area (Å²) in [7, 11) is 0. The number of hydrogen-bond donors (Lipinski definition) is 2. The standard InChI is InChI=1S/C26H26FN7O3S/c1-3-34(23(28)37)25-32-19-12-15(11-17(21(19)38-25)20-18(27)5-4-8-29-20)16-13-30-24(31-14-16)33-9-6-26(2,7-10-33)22(35)36/h4-5,8,11-14H,3,6-7,9-10H2,1-2H3,(H2,28,37)(H,35,36). The van der Waals surface area contributed by atoms with Crippen molar-refractivity contribution in [3.05, 3.63) is 48.7 Å². The van der Waals surface area contributed by atoms with Crippen LogP contribution in [0.5, 0.6) is 0 Å². The van der Waals surface area contributed by atoms with Crippen LogP contribution in [-0.2, 0) is 4.79 Å². The molecule has 0 aliphatic carbocycles. The number of piperidine rings is 1. The molecular formula is C26H26FN7O3S. The molecule has 0 bridgehead atoms. The molecule has 0 spiro atoms. The zero-order valence-electron chi connectivity index (χ0n) is 20.9. The summed E-state index contributed by atoms with van der Waals surface area (Å²) in [5.74, 6) is -0.741. The minimum Gasteiger partial charge on any atom is -0.481 e. The number of pyridine rings is 1. The monoisotopic (exact) mass is 535 g/mol. The van der Waals surface area contributed by atoms with E-state index in [2.05, 4.69) is 19.9 Å². The van der Waals surface area contributed by atoms with Gasteiger partial charge in [-0.2, -0.15) is 0 Å². The van der Waals surface area contributed by atoms with E-state index in [1.54, 1.807) is 26.2 Å². The Hall–Kier alpha value is -4.19. The van der Waals surface area contributed by atoms with E-state index in [0.29, 0.717) is 70.5 Å². The van der Waals surface area contributed by atoms with E-state index in [4.69, 9.17) is 5.73 Å². The molecule has 1 fully saturated rings. The third-order valence-electron chi connectivity index (χ3n) is 6.94. The van der Waals surface area contributed by atoms with Crippen molar-refractivity contribution in [1.29, 1.82) is 0 Å². The molecule has 12 heteroatoms. The fourth-order valence-electron chi connectivity index (χ4n) is 4.50. The Bertz CT molecular complexity index is 1520. The molecule has 3 aromatic heterocycles. The van der Waals surface area contributed by atoms with Crippen LogP contribution in [-0.4, -0.2) is 56.7 Å². The minimum atomic E-state index is -0.785. The number of hydrogen-bond acceptors (Lipinski definition) is 8. The van der Waals surface area contributed by atoms with E-state index in [9.17, 15) is 19.1 Å². The van der Waals surface area contributed by atoms with Crippen molar-refractivity contribution in [1.82, 2.24) is 19.9 Å². The first-order valence-corrected chi connectivity index (χ1v) is 12.9. The quantitative estimate of drug-likeness (QED) is 0.367. The third kappa shape index (κ3) is 4.62. The van der Waals surface area contributed by atoms with Crippen molar-refractivity contribution in [3.8, 4) is 22.4 Å². The van der Waals surface area contributed by atoms with E-state index in [1.165, 1.54) is 34.6 Å². The molecule has 0 saturated carbocycles. The number of carbonyl (C=O) groups is 2. The van der Waals surface area contributed by atoms with E-state index in [0.717, 1.165) is 0 Å². The Morgan fingerprint density at radius 2 is 1.89 bits per heavy atom. The number of primary amides is 1. The fraction of sp³-hybridized carbons (Fsp3) is 0.308. The molecule has 4 aromatic rings. The maximum absolute atomic E-state index is 14.8. The van der Waals surface area contributed by atoms with Crippen LogP contribution in [0.1, 0.15) is 26.7 Å². The molecule has 5 rings (SSSR count). The number of thiazole rings is 1. The summed E-state index contributed by atoms with van der Waals surface area (Å²) in [6.45, 7) is 5.00. The van der Waals surface area contributed by atoms with Crippen LogP contribution < -0.4 is 15.5 Å². The largest absolute Gasteiger partial charge is 0.481 e. The predicted molar refractivity (Wildman–Crippen MR) is 144 cm³/mol. The van der Waals surface area contributed by atoms with Crippen LogP contribution in [0.15, 0.2) is 42.9 Å². The summed E-state index contributed by atoms with van der Waals surface area (Å²) in [6, 6.07) is 5.90. The molecule has 4 heterocycles.